The molecule has 2 rings (SSSR count). The molecule has 0 heterocycles. The minimum Gasteiger partial charge on any atom is -0.481 e. The predicted molar refractivity (Wildman–Crippen MR) is 127 cm³/mol. The normalized spacial score (nSPS) is 26.5. The van der Waals surface area contributed by atoms with Crippen LogP contribution in [-0.4, -0.2) is 35.4 Å². The van der Waals surface area contributed by atoms with Gasteiger partial charge in [-0.15, -0.1) is 0 Å². The molecule has 2 N–H and O–H groups in total. The molecule has 2 aliphatic rings. The lowest BCUT2D eigenvalue weighted by molar-refractivity contribution is -0.154. The number of ether oxygens (including phenoxy) is 1. The van der Waals surface area contributed by atoms with Gasteiger partial charge in [0, 0.05) is 6.61 Å². The van der Waals surface area contributed by atoms with E-state index in [1.165, 1.54) is 51.4 Å². The first-order chi connectivity index (χ1) is 14.2. The molecule has 2 saturated carbocycles. The number of aliphatic hydroxyl groups excluding tert-OH is 1. The molecule has 0 aliphatic heterocycles. The van der Waals surface area contributed by atoms with E-state index in [0.29, 0.717) is 25.0 Å². The topological polar surface area (TPSA) is 83.8 Å². The third-order valence-electron chi connectivity index (χ3n) is 6.23. The Bertz CT molecular complexity index is 499. The summed E-state index contributed by atoms with van der Waals surface area (Å²) in [6, 6.07) is 0. The lowest BCUT2D eigenvalue weighted by atomic mass is 9.83. The Morgan fingerprint density at radius 1 is 0.742 bits per heavy atom. The highest BCUT2D eigenvalue weighted by atomic mass is 16.5. The maximum absolute atomic E-state index is 11.5. The maximum atomic E-state index is 11.5. The predicted octanol–water partition coefficient (Wildman–Crippen LogP) is 6.32. The van der Waals surface area contributed by atoms with Gasteiger partial charge in [0.25, 0.3) is 0 Å². The Kier molecular flexibility index (Phi) is 13.6. The van der Waals surface area contributed by atoms with Crippen LogP contribution in [0.15, 0.2) is 0 Å². The van der Waals surface area contributed by atoms with Gasteiger partial charge < -0.3 is 14.9 Å². The van der Waals surface area contributed by atoms with Crippen molar-refractivity contribution in [3.63, 3.8) is 0 Å². The van der Waals surface area contributed by atoms with Gasteiger partial charge in [-0.05, 0) is 90.9 Å². The molecule has 2 aliphatic carbocycles. The second-order valence-electron chi connectivity index (χ2n) is 11.8. The van der Waals surface area contributed by atoms with Crippen LogP contribution in [0.5, 0.6) is 0 Å². The number of carboxylic acid groups (broad SMARTS) is 1. The van der Waals surface area contributed by atoms with E-state index in [9.17, 15) is 9.59 Å². The fourth-order valence-corrected chi connectivity index (χ4v) is 3.42. The van der Waals surface area contributed by atoms with Gasteiger partial charge in [0.15, 0.2) is 0 Å². The first-order valence-electron chi connectivity index (χ1n) is 12.2. The molecule has 0 spiro atoms. The summed E-state index contributed by atoms with van der Waals surface area (Å²) in [6.45, 7) is 16.3. The molecule has 2 fully saturated rings. The largest absolute Gasteiger partial charge is 0.481 e. The van der Waals surface area contributed by atoms with Crippen molar-refractivity contribution in [1.82, 2.24) is 0 Å². The number of hydrogen-bond donors (Lipinski definition) is 2. The molecule has 0 atom stereocenters. The highest BCUT2D eigenvalue weighted by molar-refractivity contribution is 5.75. The van der Waals surface area contributed by atoms with E-state index in [1.54, 1.807) is 20.8 Å². The van der Waals surface area contributed by atoms with Gasteiger partial charge in [0.2, 0.25) is 0 Å². The second-order valence-corrected chi connectivity index (χ2v) is 11.8. The zero-order valence-corrected chi connectivity index (χ0v) is 21.5. The highest BCUT2D eigenvalue weighted by Crippen LogP contribution is 2.29. The number of rotatable bonds is 3. The van der Waals surface area contributed by atoms with Crippen LogP contribution >= 0.6 is 0 Å². The molecule has 0 radical (unpaired) electrons. The van der Waals surface area contributed by atoms with Gasteiger partial charge in [0.1, 0.15) is 0 Å². The van der Waals surface area contributed by atoms with Gasteiger partial charge in [-0.2, -0.15) is 0 Å². The molecular weight excluding hydrogens is 392 g/mol. The molecule has 0 saturated heterocycles. The summed E-state index contributed by atoms with van der Waals surface area (Å²) < 4.78 is 5.34. The number of hydrogen-bond acceptors (Lipinski definition) is 4. The Hall–Kier alpha value is -1.10. The fourth-order valence-electron chi connectivity index (χ4n) is 3.42. The molecule has 0 aromatic carbocycles. The maximum Gasteiger partial charge on any atom is 0.311 e. The summed E-state index contributed by atoms with van der Waals surface area (Å²) >= 11 is 0. The van der Waals surface area contributed by atoms with E-state index in [0.717, 1.165) is 11.8 Å². The first kappa shape index (κ1) is 29.9. The van der Waals surface area contributed by atoms with E-state index in [-0.39, 0.29) is 11.4 Å². The molecule has 0 aromatic heterocycles. The minimum absolute atomic E-state index is 0.0684. The van der Waals surface area contributed by atoms with E-state index in [2.05, 4.69) is 13.8 Å². The molecule has 5 nitrogen and oxygen atoms in total. The van der Waals surface area contributed by atoms with Gasteiger partial charge in [0.05, 0.1) is 17.4 Å². The van der Waals surface area contributed by atoms with Crippen LogP contribution in [0.3, 0.4) is 0 Å². The molecule has 0 bridgehead atoms. The van der Waals surface area contributed by atoms with Crippen LogP contribution in [0, 0.1) is 34.5 Å². The van der Waals surface area contributed by atoms with E-state index >= 15 is 0 Å². The average Bonchev–Trinajstić information content (AvgIpc) is 2.67. The summed E-state index contributed by atoms with van der Waals surface area (Å²) in [5.74, 6) is 2.18. The standard InChI is InChI=1S/C13H24O2.C8H16O.C5H10O2/c1-10-5-7-11(8-6-10)9-15-12(14)13(2,3)4;1-7-2-4-8(6-9)5-3-7;1-5(2,3)4(6)7/h10-11H,5-9H2,1-4H3;7-9H,2-6H2,1H3;1-3H3,(H,6,7). The average molecular weight is 443 g/mol. The molecular formula is C26H50O5. The summed E-state index contributed by atoms with van der Waals surface area (Å²) in [4.78, 5) is 21.6. The fraction of sp³-hybridized carbons (Fsp3) is 0.923. The van der Waals surface area contributed by atoms with Crippen LogP contribution in [-0.2, 0) is 14.3 Å². The van der Waals surface area contributed by atoms with Crippen LogP contribution in [0.1, 0.15) is 107 Å². The molecule has 5 heteroatoms. The van der Waals surface area contributed by atoms with Crippen molar-refractivity contribution in [3.05, 3.63) is 0 Å². The van der Waals surface area contributed by atoms with Crippen molar-refractivity contribution >= 4 is 11.9 Å². The summed E-state index contributed by atoms with van der Waals surface area (Å²) in [7, 11) is 0. The molecule has 184 valence electrons. The van der Waals surface area contributed by atoms with Gasteiger partial charge in [-0.3, -0.25) is 9.59 Å². The van der Waals surface area contributed by atoms with Crippen LogP contribution in [0.25, 0.3) is 0 Å². The van der Waals surface area contributed by atoms with Crippen molar-refractivity contribution in [2.24, 2.45) is 34.5 Å². The summed E-state index contributed by atoms with van der Waals surface area (Å²) in [6.07, 6.45) is 10.2. The Morgan fingerprint density at radius 2 is 1.10 bits per heavy atom. The number of esters is 1. The molecule has 31 heavy (non-hydrogen) atoms. The van der Waals surface area contributed by atoms with Gasteiger partial charge in [-0.25, -0.2) is 0 Å². The van der Waals surface area contributed by atoms with Gasteiger partial charge >= 0.3 is 11.9 Å². The Balaban J connectivity index is 0.000000479. The Labute approximate surface area is 191 Å². The summed E-state index contributed by atoms with van der Waals surface area (Å²) in [5.41, 5.74) is -0.943. The van der Waals surface area contributed by atoms with Crippen LogP contribution < -0.4 is 0 Å². The first-order valence-corrected chi connectivity index (χ1v) is 12.2. The lowest BCUT2D eigenvalue weighted by Crippen LogP contribution is -2.26. The highest BCUT2D eigenvalue weighted by Gasteiger charge is 2.25. The van der Waals surface area contributed by atoms with Gasteiger partial charge in [-0.1, -0.05) is 39.5 Å². The third kappa shape index (κ3) is 14.6. The van der Waals surface area contributed by atoms with Crippen molar-refractivity contribution < 1.29 is 24.5 Å². The van der Waals surface area contributed by atoms with Crippen LogP contribution in [0.4, 0.5) is 0 Å². The molecule has 0 aromatic rings. The molecule has 0 amide bonds. The third-order valence-corrected chi connectivity index (χ3v) is 6.23. The number of aliphatic hydroxyl groups is 1. The van der Waals surface area contributed by atoms with Crippen molar-refractivity contribution in [3.8, 4) is 0 Å². The Morgan fingerprint density at radius 3 is 1.39 bits per heavy atom. The zero-order valence-electron chi connectivity index (χ0n) is 21.5. The van der Waals surface area contributed by atoms with Crippen molar-refractivity contribution in [2.75, 3.05) is 13.2 Å². The van der Waals surface area contributed by atoms with Crippen LogP contribution in [0.2, 0.25) is 0 Å². The molecule has 0 unspecified atom stereocenters. The number of carbonyl (C=O) groups excluding carboxylic acids is 1. The van der Waals surface area contributed by atoms with Crippen molar-refractivity contribution in [1.29, 1.82) is 0 Å². The number of carbonyl (C=O) groups is 2. The van der Waals surface area contributed by atoms with E-state index in [1.807, 2.05) is 20.8 Å². The monoisotopic (exact) mass is 442 g/mol. The second kappa shape index (κ2) is 14.1. The number of carboxylic acids is 1. The quantitative estimate of drug-likeness (QED) is 0.499. The smallest absolute Gasteiger partial charge is 0.311 e. The number of aliphatic carboxylic acids is 1. The van der Waals surface area contributed by atoms with E-state index < -0.39 is 11.4 Å². The summed E-state index contributed by atoms with van der Waals surface area (Å²) in [5, 5.41) is 17.0. The SMILES string of the molecule is CC(C)(C)C(=O)O.CC1CCC(CO)CC1.CC1CCC(COC(=O)C(C)(C)C)CC1. The lowest BCUT2D eigenvalue weighted by Gasteiger charge is -2.27. The van der Waals surface area contributed by atoms with E-state index in [4.69, 9.17) is 14.9 Å². The zero-order chi connectivity index (χ0) is 24.2. The van der Waals surface area contributed by atoms with Crippen molar-refractivity contribution in [2.45, 2.75) is 107 Å². The minimum atomic E-state index is -0.757.